The summed E-state index contributed by atoms with van der Waals surface area (Å²) < 4.78 is 19.9. The standard InChI is InChI=1S/C35H37N5O6S/c1-3-35(20-37-32(47)39-34(43)45-19-27-25-15-9-7-13-23(25)24-14-8-10-16-26(24)27)29(44-18-22-11-5-4-6-12-22)28(36)31(46-35)40-17-21(2)30(41)38-33(40)42/h4-17,27-29,31H,3,18-20,36H2,1-2H3,(H,38,41,42)(H2,37,39,43,47)/t28-,29?,31+,35-/m0/s1. The van der Waals surface area contributed by atoms with Gasteiger partial charge in [-0.15, -0.1) is 0 Å². The largest absolute Gasteiger partial charge is 0.448 e. The van der Waals surface area contributed by atoms with Gasteiger partial charge in [-0.05, 0) is 53.4 Å². The molecule has 0 spiro atoms. The van der Waals surface area contributed by atoms with Crippen molar-refractivity contribution in [1.82, 2.24) is 20.2 Å². The Balaban J connectivity index is 1.14. The molecule has 1 aliphatic heterocycles. The molecule has 6 rings (SSSR count). The maximum absolute atomic E-state index is 12.9. The number of amides is 1. The molecule has 0 bridgehead atoms. The minimum atomic E-state index is -1.06. The lowest BCUT2D eigenvalue weighted by atomic mass is 9.91. The summed E-state index contributed by atoms with van der Waals surface area (Å²) in [4.78, 5) is 40.1. The second-order valence-corrected chi connectivity index (χ2v) is 12.2. The number of fused-ring (bicyclic) bond motifs is 3. The summed E-state index contributed by atoms with van der Waals surface area (Å²) in [6.07, 6.45) is -0.466. The van der Waals surface area contributed by atoms with E-state index < -0.39 is 41.3 Å². The van der Waals surface area contributed by atoms with Crippen molar-refractivity contribution in [1.29, 1.82) is 0 Å². The number of aryl methyl sites for hydroxylation is 1. The molecule has 0 radical (unpaired) electrons. The predicted octanol–water partition coefficient (Wildman–Crippen LogP) is 3.85. The number of benzene rings is 3. The lowest BCUT2D eigenvalue weighted by Crippen LogP contribution is -2.55. The number of nitrogens with one attached hydrogen (secondary N) is 3. The van der Waals surface area contributed by atoms with Gasteiger partial charge >= 0.3 is 11.8 Å². The number of rotatable bonds is 9. The fraction of sp³-hybridized carbons (Fsp3) is 0.314. The number of aromatic nitrogens is 2. The van der Waals surface area contributed by atoms with Crippen LogP contribution in [0.5, 0.6) is 0 Å². The first kappa shape index (κ1) is 32.3. The van der Waals surface area contributed by atoms with E-state index in [9.17, 15) is 14.4 Å². The average molecular weight is 656 g/mol. The van der Waals surface area contributed by atoms with Gasteiger partial charge in [0.2, 0.25) is 0 Å². The highest BCUT2D eigenvalue weighted by atomic mass is 32.1. The Bertz CT molecular complexity index is 1850. The monoisotopic (exact) mass is 655 g/mol. The van der Waals surface area contributed by atoms with Gasteiger partial charge in [-0.1, -0.05) is 85.8 Å². The highest BCUT2D eigenvalue weighted by molar-refractivity contribution is 7.80. The number of aromatic amines is 1. The summed E-state index contributed by atoms with van der Waals surface area (Å²) in [5.41, 5.74) is 10.3. The van der Waals surface area contributed by atoms with Crippen LogP contribution in [0.2, 0.25) is 0 Å². The van der Waals surface area contributed by atoms with Crippen LogP contribution < -0.4 is 27.6 Å². The van der Waals surface area contributed by atoms with Gasteiger partial charge in [0.15, 0.2) is 11.3 Å². The molecule has 1 aliphatic carbocycles. The Morgan fingerprint density at radius 2 is 1.66 bits per heavy atom. The summed E-state index contributed by atoms with van der Waals surface area (Å²) in [5.74, 6) is -0.0918. The first-order valence-electron chi connectivity index (χ1n) is 15.5. The average Bonchev–Trinajstić information content (AvgIpc) is 3.55. The number of nitrogens with zero attached hydrogens (tertiary/aromatic N) is 1. The van der Waals surface area contributed by atoms with Gasteiger partial charge in [-0.3, -0.25) is 19.7 Å². The van der Waals surface area contributed by atoms with Gasteiger partial charge in [0, 0.05) is 24.2 Å². The molecule has 1 fully saturated rings. The summed E-state index contributed by atoms with van der Waals surface area (Å²) in [6, 6.07) is 25.0. The van der Waals surface area contributed by atoms with Crippen molar-refractivity contribution in [3.8, 4) is 11.1 Å². The molecule has 1 unspecified atom stereocenters. The molecule has 5 N–H and O–H groups in total. The van der Waals surface area contributed by atoms with Crippen LogP contribution in [0.15, 0.2) is 94.6 Å². The highest BCUT2D eigenvalue weighted by Crippen LogP contribution is 2.44. The number of carbonyl (C=O) groups is 1. The summed E-state index contributed by atoms with van der Waals surface area (Å²) in [6.45, 7) is 4.01. The first-order valence-corrected chi connectivity index (χ1v) is 15.9. The van der Waals surface area contributed by atoms with E-state index in [0.29, 0.717) is 12.0 Å². The molecule has 2 aliphatic rings. The topological polar surface area (TPSA) is 150 Å². The van der Waals surface area contributed by atoms with Crippen LogP contribution in [-0.4, -0.2) is 51.7 Å². The van der Waals surface area contributed by atoms with Crippen LogP contribution in [0.1, 0.15) is 47.7 Å². The Kier molecular flexibility index (Phi) is 9.37. The molecule has 244 valence electrons. The number of alkyl carbamates (subject to hydrolysis) is 1. The molecule has 1 saturated heterocycles. The highest BCUT2D eigenvalue weighted by Gasteiger charge is 2.54. The Labute approximate surface area is 277 Å². The van der Waals surface area contributed by atoms with Crippen LogP contribution in [-0.2, 0) is 20.8 Å². The van der Waals surface area contributed by atoms with Gasteiger partial charge in [0.1, 0.15) is 18.3 Å². The summed E-state index contributed by atoms with van der Waals surface area (Å²) in [5, 5.41) is 5.72. The van der Waals surface area contributed by atoms with Crippen molar-refractivity contribution in [2.24, 2.45) is 5.73 Å². The third-order valence-electron chi connectivity index (χ3n) is 8.95. The van der Waals surface area contributed by atoms with Crippen molar-refractivity contribution in [3.63, 3.8) is 0 Å². The number of nitrogens with two attached hydrogens (primary N) is 1. The van der Waals surface area contributed by atoms with E-state index in [-0.39, 0.29) is 30.8 Å². The van der Waals surface area contributed by atoms with Crippen LogP contribution in [0, 0.1) is 6.92 Å². The van der Waals surface area contributed by atoms with Crippen LogP contribution in [0.3, 0.4) is 0 Å². The Morgan fingerprint density at radius 3 is 2.32 bits per heavy atom. The van der Waals surface area contributed by atoms with E-state index in [2.05, 4.69) is 39.9 Å². The third-order valence-corrected chi connectivity index (χ3v) is 9.20. The van der Waals surface area contributed by atoms with E-state index in [1.54, 1.807) is 6.92 Å². The summed E-state index contributed by atoms with van der Waals surface area (Å²) in [7, 11) is 0. The first-order chi connectivity index (χ1) is 22.7. The molecular formula is C35H37N5O6S. The zero-order chi connectivity index (χ0) is 33.1. The lowest BCUT2D eigenvalue weighted by molar-refractivity contribution is -0.119. The Hall–Kier alpha value is -4.62. The van der Waals surface area contributed by atoms with Gasteiger partial charge in [0.05, 0.1) is 12.6 Å². The molecular weight excluding hydrogens is 618 g/mol. The summed E-state index contributed by atoms with van der Waals surface area (Å²) >= 11 is 5.48. The molecule has 1 amide bonds. The van der Waals surface area contributed by atoms with Crippen molar-refractivity contribution in [2.45, 2.75) is 56.8 Å². The second-order valence-electron chi connectivity index (χ2n) is 11.8. The molecule has 4 aromatic rings. The van der Waals surface area contributed by atoms with Crippen molar-refractivity contribution in [3.05, 3.63) is 128 Å². The smallest absolute Gasteiger partial charge is 0.413 e. The lowest BCUT2D eigenvalue weighted by Gasteiger charge is -2.34. The van der Waals surface area contributed by atoms with E-state index in [1.807, 2.05) is 61.5 Å². The SMILES string of the molecule is CC[C@@]1(CNC(=S)NC(=O)OCC2c3ccccc3-c3ccccc32)O[C@@H](n2cc(C)c(=O)[nH]c2=O)[C@@H](N)C1OCc1ccccc1. The van der Waals surface area contributed by atoms with Gasteiger partial charge in [0.25, 0.3) is 5.56 Å². The minimum Gasteiger partial charge on any atom is -0.448 e. The Morgan fingerprint density at radius 1 is 1.02 bits per heavy atom. The number of hydrogen-bond acceptors (Lipinski definition) is 8. The molecule has 12 heteroatoms. The van der Waals surface area contributed by atoms with Gasteiger partial charge in [-0.25, -0.2) is 9.59 Å². The minimum absolute atomic E-state index is 0.0366. The maximum atomic E-state index is 12.9. The van der Waals surface area contributed by atoms with Crippen molar-refractivity contribution < 1.29 is 19.0 Å². The van der Waals surface area contributed by atoms with Crippen LogP contribution in [0.4, 0.5) is 4.79 Å². The fourth-order valence-electron chi connectivity index (χ4n) is 6.48. The predicted molar refractivity (Wildman–Crippen MR) is 181 cm³/mol. The van der Waals surface area contributed by atoms with E-state index in [1.165, 1.54) is 10.8 Å². The number of ether oxygens (including phenoxy) is 3. The quantitative estimate of drug-likeness (QED) is 0.197. The van der Waals surface area contributed by atoms with E-state index >= 15 is 0 Å². The maximum Gasteiger partial charge on any atom is 0.413 e. The van der Waals surface area contributed by atoms with E-state index in [4.69, 9.17) is 32.2 Å². The third kappa shape index (κ3) is 6.50. The molecule has 11 nitrogen and oxygen atoms in total. The van der Waals surface area contributed by atoms with Crippen LogP contribution >= 0.6 is 12.2 Å². The normalized spacial score (nSPS) is 21.6. The zero-order valence-corrected chi connectivity index (χ0v) is 26.9. The molecule has 3 aromatic carbocycles. The molecule has 0 saturated carbocycles. The van der Waals surface area contributed by atoms with Crippen LogP contribution in [0.25, 0.3) is 11.1 Å². The molecule has 1 aromatic heterocycles. The number of hydrogen-bond donors (Lipinski definition) is 4. The van der Waals surface area contributed by atoms with Crippen molar-refractivity contribution in [2.75, 3.05) is 13.2 Å². The number of thiocarbonyl (C=S) groups is 1. The van der Waals surface area contributed by atoms with Gasteiger partial charge < -0.3 is 25.3 Å². The van der Waals surface area contributed by atoms with Gasteiger partial charge in [-0.2, -0.15) is 0 Å². The zero-order valence-electron chi connectivity index (χ0n) is 26.1. The number of H-pyrrole nitrogens is 1. The van der Waals surface area contributed by atoms with E-state index in [0.717, 1.165) is 27.8 Å². The fourth-order valence-corrected chi connectivity index (χ4v) is 6.64. The number of carbonyl (C=O) groups excluding carboxylic acids is 1. The molecule has 4 atom stereocenters. The van der Waals surface area contributed by atoms with Crippen molar-refractivity contribution >= 4 is 23.4 Å². The molecule has 2 heterocycles. The molecule has 47 heavy (non-hydrogen) atoms. The second kappa shape index (κ2) is 13.6.